The molecule has 5 heterocycles. The molecule has 0 aromatic carbocycles. The van der Waals surface area contributed by atoms with Crippen LogP contribution in [0.3, 0.4) is 0 Å². The van der Waals surface area contributed by atoms with Crippen molar-refractivity contribution in [2.24, 2.45) is 0 Å². The van der Waals surface area contributed by atoms with Crippen LogP contribution in [0.25, 0.3) is 5.65 Å². The van der Waals surface area contributed by atoms with E-state index in [4.69, 9.17) is 15.0 Å². The van der Waals surface area contributed by atoms with Crippen molar-refractivity contribution in [1.29, 1.82) is 0 Å². The van der Waals surface area contributed by atoms with E-state index in [1.54, 1.807) is 6.92 Å². The summed E-state index contributed by atoms with van der Waals surface area (Å²) >= 11 is 0. The van der Waals surface area contributed by atoms with Crippen LogP contribution in [0.2, 0.25) is 0 Å². The number of pyridine rings is 1. The Morgan fingerprint density at radius 2 is 1.85 bits per heavy atom. The maximum atomic E-state index is 13.2. The number of hydrogen-bond acceptors (Lipinski definition) is 7. The molecule has 10 nitrogen and oxygen atoms in total. The molecule has 0 aliphatic carbocycles. The van der Waals surface area contributed by atoms with Crippen molar-refractivity contribution in [3.63, 3.8) is 0 Å². The van der Waals surface area contributed by atoms with E-state index < -0.39 is 0 Å². The number of piperazine rings is 1. The molecule has 33 heavy (non-hydrogen) atoms. The van der Waals surface area contributed by atoms with Crippen LogP contribution < -0.4 is 9.80 Å². The van der Waals surface area contributed by atoms with Crippen LogP contribution in [-0.2, 0) is 11.3 Å². The molecule has 0 bridgehead atoms. The zero-order chi connectivity index (χ0) is 23.3. The number of imidazole rings is 1. The second-order valence-electron chi connectivity index (χ2n) is 8.82. The van der Waals surface area contributed by atoms with Crippen LogP contribution in [0, 0.1) is 0 Å². The number of rotatable bonds is 4. The molecule has 0 unspecified atom stereocenters. The lowest BCUT2D eigenvalue weighted by molar-refractivity contribution is -0.129. The Morgan fingerprint density at radius 1 is 1.09 bits per heavy atom. The van der Waals surface area contributed by atoms with Gasteiger partial charge >= 0.3 is 0 Å². The molecule has 0 spiro atoms. The highest BCUT2D eigenvalue weighted by atomic mass is 16.2. The minimum absolute atomic E-state index is 0.0580. The predicted molar refractivity (Wildman–Crippen MR) is 125 cm³/mol. The maximum Gasteiger partial charge on any atom is 0.273 e. The van der Waals surface area contributed by atoms with Gasteiger partial charge in [-0.2, -0.15) is 4.98 Å². The van der Waals surface area contributed by atoms with Gasteiger partial charge in [0.1, 0.15) is 17.2 Å². The number of carbonyl (C=O) groups is 2. The van der Waals surface area contributed by atoms with Crippen molar-refractivity contribution in [2.45, 2.75) is 33.4 Å². The summed E-state index contributed by atoms with van der Waals surface area (Å²) < 4.78 is 1.96. The molecule has 0 saturated carbocycles. The normalized spacial score (nSPS) is 16.2. The van der Waals surface area contributed by atoms with Gasteiger partial charge in [-0.3, -0.25) is 9.59 Å². The SMILES string of the molecule is CC(=O)N1CCN(c2nc3c(c(N(C)c4cn5ccccc5n4)n2)CN(C(C)C)C3=O)CC1. The molecule has 1 fully saturated rings. The summed E-state index contributed by atoms with van der Waals surface area (Å²) in [6.45, 7) is 8.53. The third kappa shape index (κ3) is 3.65. The fourth-order valence-electron chi connectivity index (χ4n) is 4.41. The lowest BCUT2D eigenvalue weighted by Gasteiger charge is -2.34. The fraction of sp³-hybridized carbons (Fsp3) is 0.435. The zero-order valence-electron chi connectivity index (χ0n) is 19.4. The Labute approximate surface area is 192 Å². The molecule has 3 aromatic heterocycles. The second kappa shape index (κ2) is 8.02. The van der Waals surface area contributed by atoms with E-state index in [9.17, 15) is 9.59 Å². The molecule has 172 valence electrons. The number of hydrogen-bond donors (Lipinski definition) is 0. The molecule has 2 aliphatic heterocycles. The number of amides is 2. The van der Waals surface area contributed by atoms with E-state index in [1.807, 2.05) is 75.5 Å². The summed E-state index contributed by atoms with van der Waals surface area (Å²) in [5.41, 5.74) is 2.11. The van der Waals surface area contributed by atoms with Gasteiger partial charge in [-0.25, -0.2) is 9.97 Å². The van der Waals surface area contributed by atoms with Gasteiger partial charge in [-0.1, -0.05) is 6.07 Å². The summed E-state index contributed by atoms with van der Waals surface area (Å²) in [5, 5.41) is 0. The topological polar surface area (TPSA) is 90.2 Å². The van der Waals surface area contributed by atoms with E-state index in [0.717, 1.165) is 17.0 Å². The molecule has 2 amide bonds. The molecular weight excluding hydrogens is 420 g/mol. The number of fused-ring (bicyclic) bond motifs is 2. The first-order chi connectivity index (χ1) is 15.8. The average molecular weight is 449 g/mol. The Morgan fingerprint density at radius 3 is 2.52 bits per heavy atom. The zero-order valence-corrected chi connectivity index (χ0v) is 19.4. The van der Waals surface area contributed by atoms with Crippen molar-refractivity contribution in [1.82, 2.24) is 29.2 Å². The minimum Gasteiger partial charge on any atom is -0.339 e. The predicted octanol–water partition coefficient (Wildman–Crippen LogP) is 1.92. The number of aromatic nitrogens is 4. The van der Waals surface area contributed by atoms with E-state index in [0.29, 0.717) is 50.2 Å². The second-order valence-corrected chi connectivity index (χ2v) is 8.82. The Kier molecular flexibility index (Phi) is 5.15. The number of nitrogens with zero attached hydrogens (tertiary/aromatic N) is 8. The van der Waals surface area contributed by atoms with Crippen molar-refractivity contribution in [3.05, 3.63) is 41.9 Å². The molecule has 0 N–H and O–H groups in total. The van der Waals surface area contributed by atoms with Crippen molar-refractivity contribution in [3.8, 4) is 0 Å². The Hall–Kier alpha value is -3.69. The lowest BCUT2D eigenvalue weighted by atomic mass is 10.2. The smallest absolute Gasteiger partial charge is 0.273 e. The number of anilines is 3. The Balaban J connectivity index is 1.55. The molecule has 0 atom stereocenters. The van der Waals surface area contributed by atoms with Crippen LogP contribution in [0.15, 0.2) is 30.6 Å². The van der Waals surface area contributed by atoms with Gasteiger partial charge in [0.25, 0.3) is 5.91 Å². The summed E-state index contributed by atoms with van der Waals surface area (Å²) in [6, 6.07) is 5.92. The summed E-state index contributed by atoms with van der Waals surface area (Å²) in [4.78, 5) is 46.9. The Bertz CT molecular complexity index is 1200. The maximum absolute atomic E-state index is 13.2. The van der Waals surface area contributed by atoms with Crippen molar-refractivity contribution >= 4 is 35.0 Å². The van der Waals surface area contributed by atoms with Crippen LogP contribution >= 0.6 is 0 Å². The monoisotopic (exact) mass is 448 g/mol. The van der Waals surface area contributed by atoms with Gasteiger partial charge in [0.2, 0.25) is 11.9 Å². The fourth-order valence-corrected chi connectivity index (χ4v) is 4.41. The number of carbonyl (C=O) groups excluding carboxylic acids is 2. The lowest BCUT2D eigenvalue weighted by Crippen LogP contribution is -2.48. The standard InChI is InChI=1S/C23H28N8O2/c1-15(2)31-13-17-20(22(31)33)25-23(29-11-9-28(10-12-29)16(3)32)26-21(17)27(4)19-14-30-8-6-5-7-18(30)24-19/h5-8,14-15H,9-13H2,1-4H3. The first kappa shape index (κ1) is 21.2. The van der Waals surface area contributed by atoms with E-state index >= 15 is 0 Å². The third-order valence-electron chi connectivity index (χ3n) is 6.41. The largest absolute Gasteiger partial charge is 0.339 e. The molecule has 10 heteroatoms. The van der Waals surface area contributed by atoms with Gasteiger partial charge in [-0.15, -0.1) is 0 Å². The third-order valence-corrected chi connectivity index (χ3v) is 6.41. The highest BCUT2D eigenvalue weighted by Crippen LogP contribution is 2.34. The first-order valence-corrected chi connectivity index (χ1v) is 11.2. The van der Waals surface area contributed by atoms with E-state index in [-0.39, 0.29) is 17.9 Å². The van der Waals surface area contributed by atoms with Crippen LogP contribution in [0.1, 0.15) is 36.8 Å². The first-order valence-electron chi connectivity index (χ1n) is 11.2. The molecule has 1 saturated heterocycles. The summed E-state index contributed by atoms with van der Waals surface area (Å²) in [5.74, 6) is 1.94. The molecule has 0 radical (unpaired) electrons. The van der Waals surface area contributed by atoms with E-state index in [1.165, 1.54) is 0 Å². The highest BCUT2D eigenvalue weighted by molar-refractivity contribution is 5.98. The van der Waals surface area contributed by atoms with Crippen LogP contribution in [-0.4, -0.2) is 80.2 Å². The molecule has 3 aromatic rings. The van der Waals surface area contributed by atoms with Crippen LogP contribution in [0.4, 0.5) is 17.6 Å². The van der Waals surface area contributed by atoms with Gasteiger partial charge in [0, 0.05) is 58.0 Å². The molecule has 5 rings (SSSR count). The molecular formula is C23H28N8O2. The van der Waals surface area contributed by atoms with Gasteiger partial charge in [0.05, 0.1) is 12.7 Å². The van der Waals surface area contributed by atoms with Crippen molar-refractivity contribution in [2.75, 3.05) is 43.0 Å². The average Bonchev–Trinajstić information content (AvgIpc) is 3.39. The highest BCUT2D eigenvalue weighted by Gasteiger charge is 2.36. The summed E-state index contributed by atoms with van der Waals surface area (Å²) in [7, 11) is 1.92. The quantitative estimate of drug-likeness (QED) is 0.602. The summed E-state index contributed by atoms with van der Waals surface area (Å²) in [6.07, 6.45) is 3.90. The molecule has 2 aliphatic rings. The minimum atomic E-state index is -0.0735. The van der Waals surface area contributed by atoms with Gasteiger partial charge in [-0.05, 0) is 26.0 Å². The van der Waals surface area contributed by atoms with Crippen LogP contribution in [0.5, 0.6) is 0 Å². The van der Waals surface area contributed by atoms with Gasteiger partial charge < -0.3 is 24.0 Å². The van der Waals surface area contributed by atoms with Crippen molar-refractivity contribution < 1.29 is 9.59 Å². The van der Waals surface area contributed by atoms with Gasteiger partial charge in [0.15, 0.2) is 5.82 Å². The van der Waals surface area contributed by atoms with E-state index in [2.05, 4.69) is 0 Å².